The predicted molar refractivity (Wildman–Crippen MR) is 137 cm³/mol. The van der Waals surface area contributed by atoms with Crippen LogP contribution in [0.5, 0.6) is 11.5 Å². The Morgan fingerprint density at radius 3 is 2.47 bits per heavy atom. The van der Waals surface area contributed by atoms with E-state index in [0.717, 1.165) is 31.1 Å². The van der Waals surface area contributed by atoms with Gasteiger partial charge in [-0.1, -0.05) is 55.2 Å². The summed E-state index contributed by atoms with van der Waals surface area (Å²) in [6.45, 7) is 15.5. The van der Waals surface area contributed by atoms with E-state index in [9.17, 15) is 0 Å². The molecule has 0 aliphatic carbocycles. The molecule has 4 heteroatoms. The van der Waals surface area contributed by atoms with Crippen LogP contribution >= 0.6 is 0 Å². The Balaban J connectivity index is 2.00. The zero-order chi connectivity index (χ0) is 23.6. The molecule has 2 aromatic carbocycles. The van der Waals surface area contributed by atoms with Crippen LogP contribution in [0.1, 0.15) is 47.1 Å². The third-order valence-corrected chi connectivity index (χ3v) is 6.07. The molecule has 0 N–H and O–H groups in total. The highest BCUT2D eigenvalue weighted by Crippen LogP contribution is 2.21. The fraction of sp³-hybridized carbons (Fsp3) is 0.429. The van der Waals surface area contributed by atoms with E-state index >= 15 is 0 Å². The highest BCUT2D eigenvalue weighted by atomic mass is 28.2. The van der Waals surface area contributed by atoms with Crippen LogP contribution < -0.4 is 14.7 Å². The molecule has 0 fully saturated rings. The van der Waals surface area contributed by atoms with Gasteiger partial charge in [0.2, 0.25) is 0 Å². The molecule has 0 unspecified atom stereocenters. The van der Waals surface area contributed by atoms with Crippen LogP contribution in [0.4, 0.5) is 0 Å². The molecule has 0 saturated carbocycles. The molecule has 32 heavy (non-hydrogen) atoms. The summed E-state index contributed by atoms with van der Waals surface area (Å²) in [5, 5.41) is 0.848. The first-order valence-electron chi connectivity index (χ1n) is 11.2. The third-order valence-electron chi connectivity index (χ3n) is 4.68. The topological polar surface area (TPSA) is 21.7 Å². The summed E-state index contributed by atoms with van der Waals surface area (Å²) < 4.78 is 11.9. The minimum absolute atomic E-state index is 0.0369. The molecule has 0 heterocycles. The average molecular weight is 448 g/mol. The van der Waals surface area contributed by atoms with Gasteiger partial charge in [-0.25, -0.2) is 0 Å². The molecule has 0 aliphatic heterocycles. The number of methoxy groups -OCH3 is 1. The number of hydrogen-bond donors (Lipinski definition) is 0. The molecule has 0 bridgehead atoms. The summed E-state index contributed by atoms with van der Waals surface area (Å²) in [7, 11) is 2.19. The number of rotatable bonds is 10. The molecular weight excluding hydrogens is 410 g/mol. The number of benzene rings is 2. The smallest absolute Gasteiger partial charge is 0.144 e. The van der Waals surface area contributed by atoms with Gasteiger partial charge in [0.25, 0.3) is 0 Å². The van der Waals surface area contributed by atoms with Crippen LogP contribution in [0, 0.1) is 17.3 Å². The van der Waals surface area contributed by atoms with Gasteiger partial charge < -0.3 is 9.47 Å². The van der Waals surface area contributed by atoms with Crippen LogP contribution in [-0.2, 0) is 6.54 Å². The fourth-order valence-electron chi connectivity index (χ4n) is 3.18. The van der Waals surface area contributed by atoms with Gasteiger partial charge in [0.05, 0.1) is 12.3 Å². The van der Waals surface area contributed by atoms with E-state index in [1.165, 1.54) is 10.8 Å². The second kappa shape index (κ2) is 11.9. The number of hydrogen-bond acceptors (Lipinski definition) is 3. The first-order chi connectivity index (χ1) is 15.1. The monoisotopic (exact) mass is 447 g/mol. The number of nitrogens with zero attached hydrogens (tertiary/aromatic N) is 1. The van der Waals surface area contributed by atoms with E-state index in [1.807, 2.05) is 30.3 Å². The normalized spacial score (nSPS) is 12.0. The lowest BCUT2D eigenvalue weighted by Crippen LogP contribution is -2.42. The van der Waals surface area contributed by atoms with Crippen molar-refractivity contribution in [3.63, 3.8) is 0 Å². The van der Waals surface area contributed by atoms with E-state index in [-0.39, 0.29) is 10.6 Å². The lowest BCUT2D eigenvalue weighted by molar-refractivity contribution is 0.195. The van der Waals surface area contributed by atoms with E-state index < -0.39 is 0 Å². The Morgan fingerprint density at radius 2 is 1.78 bits per heavy atom. The fourth-order valence-corrected chi connectivity index (χ4v) is 4.49. The summed E-state index contributed by atoms with van der Waals surface area (Å²) in [5.41, 5.74) is 1.28. The molecule has 0 aliphatic rings. The lowest BCUT2D eigenvalue weighted by Gasteiger charge is -2.27. The van der Waals surface area contributed by atoms with Crippen molar-refractivity contribution < 1.29 is 9.47 Å². The zero-order valence-electron chi connectivity index (χ0n) is 20.7. The van der Waals surface area contributed by atoms with E-state index in [1.54, 1.807) is 7.11 Å². The minimum Gasteiger partial charge on any atom is -0.497 e. The number of allylic oxidation sites excluding steroid dienone is 1. The van der Waals surface area contributed by atoms with Gasteiger partial charge in [0.15, 0.2) is 0 Å². The number of likely N-dealkylation sites (N-methyl/N-ethyl adjacent to an activating group) is 1. The molecule has 2 radical (unpaired) electrons. The van der Waals surface area contributed by atoms with Crippen molar-refractivity contribution in [2.75, 3.05) is 20.2 Å². The van der Waals surface area contributed by atoms with Crippen molar-refractivity contribution in [2.45, 2.75) is 53.3 Å². The molecular formula is C28H37NO2Si. The summed E-state index contributed by atoms with van der Waals surface area (Å²) >= 11 is 0. The van der Waals surface area contributed by atoms with Crippen molar-refractivity contribution in [2.24, 2.45) is 5.41 Å². The molecule has 2 aromatic rings. The first kappa shape index (κ1) is 25.8. The number of ether oxygens (including phenoxy) is 2. The highest BCUT2D eigenvalue weighted by molar-refractivity contribution is 6.57. The summed E-state index contributed by atoms with van der Waals surface area (Å²) in [4.78, 5) is 2.39. The van der Waals surface area contributed by atoms with Crippen LogP contribution in [0.3, 0.4) is 0 Å². The van der Waals surface area contributed by atoms with Gasteiger partial charge >= 0.3 is 0 Å². The molecule has 0 atom stereocenters. The standard InChI is InChI=1S/C28H37NO2Si/c1-8-29(20-13-9-12-19-27(2,3)4)22-23-15-14-16-24(21-23)31-28(5,6)32-26-18-11-10-17-25(26)30-7/h9-11,13-18,21H,8,20,22H2,1-7H3. The largest absolute Gasteiger partial charge is 0.497 e. The van der Waals surface area contributed by atoms with Crippen molar-refractivity contribution in [1.29, 1.82) is 0 Å². The van der Waals surface area contributed by atoms with Gasteiger partial charge in [-0.15, -0.1) is 0 Å². The molecule has 0 amide bonds. The Morgan fingerprint density at radius 1 is 1.03 bits per heavy atom. The highest BCUT2D eigenvalue weighted by Gasteiger charge is 2.24. The second-order valence-corrected chi connectivity index (χ2v) is 11.3. The van der Waals surface area contributed by atoms with E-state index in [4.69, 9.17) is 9.47 Å². The SMILES string of the molecule is CCN(CC=CC#CC(C)(C)C)Cc1cccc(OC(C)(C)[Si]c2ccccc2OC)c1. The third kappa shape index (κ3) is 9.34. The van der Waals surface area contributed by atoms with Crippen molar-refractivity contribution >= 4 is 14.7 Å². The van der Waals surface area contributed by atoms with Crippen molar-refractivity contribution in [3.05, 3.63) is 66.2 Å². The van der Waals surface area contributed by atoms with E-state index in [2.05, 4.69) is 88.6 Å². The van der Waals surface area contributed by atoms with Crippen molar-refractivity contribution in [3.8, 4) is 23.3 Å². The molecule has 0 spiro atoms. The zero-order valence-corrected chi connectivity index (χ0v) is 21.7. The van der Waals surface area contributed by atoms with Crippen LogP contribution in [0.2, 0.25) is 0 Å². The van der Waals surface area contributed by atoms with Gasteiger partial charge in [0.1, 0.15) is 21.0 Å². The Hall–Kier alpha value is -2.48. The maximum atomic E-state index is 6.41. The molecule has 0 aromatic heterocycles. The molecule has 0 saturated heterocycles. The first-order valence-corrected chi connectivity index (χ1v) is 12.2. The van der Waals surface area contributed by atoms with Gasteiger partial charge in [0, 0.05) is 18.5 Å². The van der Waals surface area contributed by atoms with Gasteiger partial charge in [-0.3, -0.25) is 4.90 Å². The predicted octanol–water partition coefficient (Wildman–Crippen LogP) is 5.27. The molecule has 170 valence electrons. The van der Waals surface area contributed by atoms with Crippen LogP contribution in [-0.4, -0.2) is 39.8 Å². The van der Waals surface area contributed by atoms with Gasteiger partial charge in [-0.2, -0.15) is 0 Å². The summed E-state index contributed by atoms with van der Waals surface area (Å²) in [6, 6.07) is 16.6. The van der Waals surface area contributed by atoms with E-state index in [0.29, 0.717) is 9.52 Å². The van der Waals surface area contributed by atoms with Gasteiger partial charge in [-0.05, 0) is 76.2 Å². The maximum Gasteiger partial charge on any atom is 0.144 e. The minimum atomic E-state index is -0.327. The summed E-state index contributed by atoms with van der Waals surface area (Å²) in [6.07, 6.45) is 4.11. The van der Waals surface area contributed by atoms with Crippen LogP contribution in [0.25, 0.3) is 0 Å². The average Bonchev–Trinajstić information content (AvgIpc) is 2.71. The molecule has 3 nitrogen and oxygen atoms in total. The second-order valence-electron chi connectivity index (χ2n) is 9.33. The number of para-hydroxylation sites is 1. The Bertz CT molecular complexity index is 948. The Labute approximate surface area is 197 Å². The quantitative estimate of drug-likeness (QED) is 0.366. The Kier molecular flexibility index (Phi) is 9.62. The van der Waals surface area contributed by atoms with Crippen molar-refractivity contribution in [1.82, 2.24) is 4.90 Å². The maximum absolute atomic E-state index is 6.41. The lowest BCUT2D eigenvalue weighted by atomic mass is 9.98. The molecule has 2 rings (SSSR count). The summed E-state index contributed by atoms with van der Waals surface area (Å²) in [5.74, 6) is 8.20. The van der Waals surface area contributed by atoms with Crippen LogP contribution in [0.15, 0.2) is 60.7 Å².